The van der Waals surface area contributed by atoms with Gasteiger partial charge in [-0.2, -0.15) is 15.0 Å². The molecule has 1 fully saturated rings. The number of nitrogens with zero attached hydrogens (tertiary/aromatic N) is 5. The standard InChI is InChI=1S/C19H27N7O/c1-13(16-22-18(20)24-19(23-16)25(2)3)26-11-7-8-14(12-26)17(27)21-15-9-5-4-6-10-15/h4-6,9-10,13-14H,7-8,11-12H2,1-3H3,(H,21,27)(H2,20,22,23,24). The Labute approximate surface area is 159 Å². The minimum Gasteiger partial charge on any atom is -0.368 e. The van der Waals surface area contributed by atoms with E-state index in [0.29, 0.717) is 18.3 Å². The fraction of sp³-hybridized carbons (Fsp3) is 0.474. The highest BCUT2D eigenvalue weighted by molar-refractivity contribution is 5.92. The third-order valence-electron chi connectivity index (χ3n) is 4.84. The highest BCUT2D eigenvalue weighted by Crippen LogP contribution is 2.26. The number of rotatable bonds is 5. The van der Waals surface area contributed by atoms with Crippen molar-refractivity contribution in [2.75, 3.05) is 43.1 Å². The number of piperidine rings is 1. The van der Waals surface area contributed by atoms with Crippen molar-refractivity contribution in [3.63, 3.8) is 0 Å². The molecule has 1 aliphatic heterocycles. The molecular formula is C19H27N7O. The van der Waals surface area contributed by atoms with Crippen molar-refractivity contribution in [1.29, 1.82) is 0 Å². The quantitative estimate of drug-likeness (QED) is 0.830. The number of hydrogen-bond donors (Lipinski definition) is 2. The molecule has 1 amide bonds. The molecule has 1 aromatic carbocycles. The van der Waals surface area contributed by atoms with E-state index in [0.717, 1.165) is 25.1 Å². The van der Waals surface area contributed by atoms with Gasteiger partial charge in [-0.3, -0.25) is 9.69 Å². The molecule has 0 bridgehead atoms. The van der Waals surface area contributed by atoms with Crippen LogP contribution in [0.1, 0.15) is 31.6 Å². The Morgan fingerprint density at radius 2 is 2.00 bits per heavy atom. The molecule has 0 aliphatic carbocycles. The number of anilines is 3. The fourth-order valence-electron chi connectivity index (χ4n) is 3.29. The van der Waals surface area contributed by atoms with Crippen LogP contribution in [0.5, 0.6) is 0 Å². The predicted molar refractivity (Wildman–Crippen MR) is 106 cm³/mol. The minimum atomic E-state index is -0.0612. The van der Waals surface area contributed by atoms with Gasteiger partial charge in [-0.05, 0) is 38.4 Å². The smallest absolute Gasteiger partial charge is 0.229 e. The van der Waals surface area contributed by atoms with Crippen molar-refractivity contribution in [3.8, 4) is 0 Å². The molecule has 27 heavy (non-hydrogen) atoms. The first-order valence-corrected chi connectivity index (χ1v) is 9.23. The molecule has 3 rings (SSSR count). The summed E-state index contributed by atoms with van der Waals surface area (Å²) in [7, 11) is 3.74. The average Bonchev–Trinajstić information content (AvgIpc) is 2.67. The van der Waals surface area contributed by atoms with E-state index < -0.39 is 0 Å². The van der Waals surface area contributed by atoms with Gasteiger partial charge in [0.1, 0.15) is 0 Å². The molecular weight excluding hydrogens is 342 g/mol. The summed E-state index contributed by atoms with van der Waals surface area (Å²) in [6.45, 7) is 3.62. The Bertz CT molecular complexity index is 781. The molecule has 2 aromatic rings. The Kier molecular flexibility index (Phi) is 5.85. The van der Waals surface area contributed by atoms with Crippen molar-refractivity contribution in [1.82, 2.24) is 19.9 Å². The lowest BCUT2D eigenvalue weighted by molar-refractivity contribution is -0.121. The van der Waals surface area contributed by atoms with Crippen LogP contribution in [0.2, 0.25) is 0 Å². The highest BCUT2D eigenvalue weighted by atomic mass is 16.1. The first kappa shape index (κ1) is 19.0. The number of nitrogens with two attached hydrogens (primary N) is 1. The van der Waals surface area contributed by atoms with Crippen molar-refractivity contribution in [2.24, 2.45) is 5.92 Å². The van der Waals surface area contributed by atoms with Gasteiger partial charge in [0.15, 0.2) is 5.82 Å². The Balaban J connectivity index is 1.69. The zero-order chi connectivity index (χ0) is 19.4. The SMILES string of the molecule is CC(c1nc(N)nc(N(C)C)n1)N1CCCC(C(=O)Nc2ccccc2)C1. The Morgan fingerprint density at radius 3 is 2.70 bits per heavy atom. The van der Waals surface area contributed by atoms with Crippen LogP contribution >= 0.6 is 0 Å². The maximum absolute atomic E-state index is 12.7. The van der Waals surface area contributed by atoms with E-state index >= 15 is 0 Å². The molecule has 1 aliphatic rings. The molecule has 144 valence electrons. The lowest BCUT2D eigenvalue weighted by Gasteiger charge is -2.35. The van der Waals surface area contributed by atoms with Gasteiger partial charge in [-0.1, -0.05) is 18.2 Å². The van der Waals surface area contributed by atoms with Crippen LogP contribution in [0.15, 0.2) is 30.3 Å². The van der Waals surface area contributed by atoms with Gasteiger partial charge >= 0.3 is 0 Å². The van der Waals surface area contributed by atoms with Crippen LogP contribution in [0.4, 0.5) is 17.6 Å². The van der Waals surface area contributed by atoms with Crippen molar-refractivity contribution in [2.45, 2.75) is 25.8 Å². The number of hydrogen-bond acceptors (Lipinski definition) is 7. The molecule has 1 aromatic heterocycles. The Hall–Kier alpha value is -2.74. The number of carbonyl (C=O) groups excluding carboxylic acids is 1. The summed E-state index contributed by atoms with van der Waals surface area (Å²) in [5.74, 6) is 1.39. The van der Waals surface area contributed by atoms with E-state index in [2.05, 4.69) is 25.2 Å². The van der Waals surface area contributed by atoms with Gasteiger partial charge < -0.3 is 16.0 Å². The monoisotopic (exact) mass is 369 g/mol. The summed E-state index contributed by atoms with van der Waals surface area (Å²) in [5, 5.41) is 3.01. The van der Waals surface area contributed by atoms with Crippen LogP contribution in [0.3, 0.4) is 0 Å². The number of amides is 1. The van der Waals surface area contributed by atoms with Gasteiger partial charge in [-0.25, -0.2) is 0 Å². The van der Waals surface area contributed by atoms with Gasteiger partial charge in [0, 0.05) is 26.3 Å². The number of nitrogen functional groups attached to an aromatic ring is 1. The van der Waals surface area contributed by atoms with E-state index in [1.165, 1.54) is 0 Å². The fourth-order valence-corrected chi connectivity index (χ4v) is 3.29. The Morgan fingerprint density at radius 1 is 1.26 bits per heavy atom. The minimum absolute atomic E-state index is 0.0404. The normalized spacial score (nSPS) is 18.7. The lowest BCUT2D eigenvalue weighted by Crippen LogP contribution is -2.42. The van der Waals surface area contributed by atoms with Crippen molar-refractivity contribution >= 4 is 23.5 Å². The number of likely N-dealkylation sites (tertiary alicyclic amines) is 1. The summed E-state index contributed by atoms with van der Waals surface area (Å²) in [5.41, 5.74) is 6.68. The van der Waals surface area contributed by atoms with Crippen LogP contribution in [-0.4, -0.2) is 52.9 Å². The maximum Gasteiger partial charge on any atom is 0.229 e. The molecule has 0 spiro atoms. The topological polar surface area (TPSA) is 100 Å². The van der Waals surface area contributed by atoms with Gasteiger partial charge in [0.2, 0.25) is 17.8 Å². The van der Waals surface area contributed by atoms with Crippen molar-refractivity contribution in [3.05, 3.63) is 36.2 Å². The highest BCUT2D eigenvalue weighted by Gasteiger charge is 2.30. The largest absolute Gasteiger partial charge is 0.368 e. The van der Waals surface area contributed by atoms with Crippen LogP contribution in [-0.2, 0) is 4.79 Å². The number of para-hydroxylation sites is 1. The first-order chi connectivity index (χ1) is 12.9. The maximum atomic E-state index is 12.7. The van der Waals surface area contributed by atoms with E-state index in [-0.39, 0.29) is 23.8 Å². The second kappa shape index (κ2) is 8.30. The van der Waals surface area contributed by atoms with Crippen LogP contribution < -0.4 is 16.0 Å². The summed E-state index contributed by atoms with van der Waals surface area (Å²) in [4.78, 5) is 29.7. The number of carbonyl (C=O) groups is 1. The van der Waals surface area contributed by atoms with E-state index in [1.807, 2.05) is 51.4 Å². The van der Waals surface area contributed by atoms with Crippen LogP contribution in [0.25, 0.3) is 0 Å². The average molecular weight is 369 g/mol. The molecule has 0 radical (unpaired) electrons. The van der Waals surface area contributed by atoms with E-state index in [9.17, 15) is 4.79 Å². The molecule has 3 N–H and O–H groups in total. The van der Waals surface area contributed by atoms with E-state index in [4.69, 9.17) is 5.73 Å². The summed E-state index contributed by atoms with van der Waals surface area (Å²) in [6.07, 6.45) is 1.84. The summed E-state index contributed by atoms with van der Waals surface area (Å²) < 4.78 is 0. The number of nitrogens with one attached hydrogen (secondary N) is 1. The molecule has 2 atom stereocenters. The number of benzene rings is 1. The van der Waals surface area contributed by atoms with Gasteiger partial charge in [0.25, 0.3) is 0 Å². The molecule has 0 saturated carbocycles. The summed E-state index contributed by atoms with van der Waals surface area (Å²) >= 11 is 0. The summed E-state index contributed by atoms with van der Waals surface area (Å²) in [6, 6.07) is 9.52. The predicted octanol–water partition coefficient (Wildman–Crippen LogP) is 1.93. The second-order valence-electron chi connectivity index (χ2n) is 7.11. The van der Waals surface area contributed by atoms with Gasteiger partial charge in [-0.15, -0.1) is 0 Å². The molecule has 8 heteroatoms. The number of aromatic nitrogens is 3. The van der Waals surface area contributed by atoms with E-state index in [1.54, 1.807) is 4.90 Å². The zero-order valence-electron chi connectivity index (χ0n) is 16.1. The second-order valence-corrected chi connectivity index (χ2v) is 7.11. The van der Waals surface area contributed by atoms with Crippen molar-refractivity contribution < 1.29 is 4.79 Å². The first-order valence-electron chi connectivity index (χ1n) is 9.23. The molecule has 1 saturated heterocycles. The molecule has 8 nitrogen and oxygen atoms in total. The zero-order valence-corrected chi connectivity index (χ0v) is 16.1. The molecule has 2 heterocycles. The van der Waals surface area contributed by atoms with Gasteiger partial charge in [0.05, 0.1) is 12.0 Å². The third kappa shape index (κ3) is 4.71. The van der Waals surface area contributed by atoms with Crippen LogP contribution in [0, 0.1) is 5.92 Å². The lowest BCUT2D eigenvalue weighted by atomic mass is 9.95. The third-order valence-corrected chi connectivity index (χ3v) is 4.84. The molecule has 2 unspecified atom stereocenters.